The third-order valence-electron chi connectivity index (χ3n) is 3.76. The minimum Gasteiger partial charge on any atom is -0.314 e. The molecule has 102 valence electrons. The van der Waals surface area contributed by atoms with E-state index in [0.717, 1.165) is 19.4 Å². The Kier molecular flexibility index (Phi) is 5.45. The molecule has 1 saturated carbocycles. The molecular formula is C13H27NO2S. The first-order chi connectivity index (χ1) is 7.89. The Morgan fingerprint density at radius 1 is 1.24 bits per heavy atom. The van der Waals surface area contributed by atoms with Gasteiger partial charge in [-0.15, -0.1) is 0 Å². The number of rotatable bonds is 8. The molecular weight excluding hydrogens is 234 g/mol. The molecule has 0 spiro atoms. The molecule has 1 aliphatic carbocycles. The highest BCUT2D eigenvalue weighted by Gasteiger charge is 2.37. The topological polar surface area (TPSA) is 46.2 Å². The summed E-state index contributed by atoms with van der Waals surface area (Å²) in [6.07, 6.45) is 5.21. The highest BCUT2D eigenvalue weighted by molar-refractivity contribution is 7.91. The van der Waals surface area contributed by atoms with Gasteiger partial charge in [-0.2, -0.15) is 0 Å². The molecule has 0 heterocycles. The van der Waals surface area contributed by atoms with E-state index in [2.05, 4.69) is 19.2 Å². The van der Waals surface area contributed by atoms with Crippen molar-refractivity contribution >= 4 is 9.84 Å². The van der Waals surface area contributed by atoms with Crippen molar-refractivity contribution in [2.75, 3.05) is 18.1 Å². The second-order valence-corrected chi connectivity index (χ2v) is 8.09. The predicted octanol–water partition coefficient (Wildman–Crippen LogP) is 2.37. The monoisotopic (exact) mass is 261 g/mol. The van der Waals surface area contributed by atoms with Gasteiger partial charge in [-0.1, -0.05) is 27.2 Å². The van der Waals surface area contributed by atoms with Crippen molar-refractivity contribution in [3.8, 4) is 0 Å². The van der Waals surface area contributed by atoms with Crippen molar-refractivity contribution < 1.29 is 8.42 Å². The highest BCUT2D eigenvalue weighted by atomic mass is 32.2. The van der Waals surface area contributed by atoms with Gasteiger partial charge in [0.15, 0.2) is 0 Å². The third-order valence-corrected chi connectivity index (χ3v) is 5.61. The molecule has 0 atom stereocenters. The van der Waals surface area contributed by atoms with Gasteiger partial charge in [-0.3, -0.25) is 0 Å². The van der Waals surface area contributed by atoms with Gasteiger partial charge in [0.1, 0.15) is 9.84 Å². The molecule has 0 radical (unpaired) electrons. The van der Waals surface area contributed by atoms with Gasteiger partial charge in [0, 0.05) is 18.3 Å². The van der Waals surface area contributed by atoms with E-state index in [-0.39, 0.29) is 5.41 Å². The van der Waals surface area contributed by atoms with Gasteiger partial charge in [-0.05, 0) is 31.1 Å². The SMILES string of the molecule is CCCS(=O)(=O)CCC1(CNC(C)C)CCC1. The van der Waals surface area contributed by atoms with Crippen molar-refractivity contribution in [2.24, 2.45) is 5.41 Å². The molecule has 1 N–H and O–H groups in total. The van der Waals surface area contributed by atoms with Crippen LogP contribution in [-0.2, 0) is 9.84 Å². The Morgan fingerprint density at radius 3 is 2.29 bits per heavy atom. The summed E-state index contributed by atoms with van der Waals surface area (Å²) in [6.45, 7) is 7.18. The van der Waals surface area contributed by atoms with Crippen LogP contribution in [0.5, 0.6) is 0 Å². The lowest BCUT2D eigenvalue weighted by atomic mass is 9.67. The van der Waals surface area contributed by atoms with E-state index in [9.17, 15) is 8.42 Å². The van der Waals surface area contributed by atoms with Crippen LogP contribution in [0.25, 0.3) is 0 Å². The molecule has 1 rings (SSSR count). The summed E-state index contributed by atoms with van der Waals surface area (Å²) in [5, 5.41) is 3.46. The number of hydrogen-bond acceptors (Lipinski definition) is 3. The molecule has 4 heteroatoms. The fourth-order valence-corrected chi connectivity index (χ4v) is 3.97. The van der Waals surface area contributed by atoms with E-state index < -0.39 is 9.84 Å². The molecule has 0 saturated heterocycles. The largest absolute Gasteiger partial charge is 0.314 e. The smallest absolute Gasteiger partial charge is 0.150 e. The van der Waals surface area contributed by atoms with Crippen molar-refractivity contribution in [2.45, 2.75) is 58.9 Å². The van der Waals surface area contributed by atoms with Crippen LogP contribution in [0, 0.1) is 5.41 Å². The van der Waals surface area contributed by atoms with Crippen LogP contribution in [-0.4, -0.2) is 32.5 Å². The van der Waals surface area contributed by atoms with Crippen LogP contribution in [0.2, 0.25) is 0 Å². The molecule has 0 bridgehead atoms. The Bertz CT molecular complexity index is 318. The summed E-state index contributed by atoms with van der Waals surface area (Å²) >= 11 is 0. The van der Waals surface area contributed by atoms with Gasteiger partial charge in [0.2, 0.25) is 0 Å². The molecule has 0 aliphatic heterocycles. The van der Waals surface area contributed by atoms with Crippen molar-refractivity contribution in [1.82, 2.24) is 5.32 Å². The zero-order chi connectivity index (χ0) is 12.9. The molecule has 0 amide bonds. The minimum atomic E-state index is -2.81. The summed E-state index contributed by atoms with van der Waals surface area (Å²) in [4.78, 5) is 0. The van der Waals surface area contributed by atoms with Crippen LogP contribution in [0.3, 0.4) is 0 Å². The van der Waals surface area contributed by atoms with E-state index in [1.165, 1.54) is 19.3 Å². The average Bonchev–Trinajstić information content (AvgIpc) is 2.15. The number of nitrogens with one attached hydrogen (secondary N) is 1. The molecule has 17 heavy (non-hydrogen) atoms. The first kappa shape index (κ1) is 15.0. The highest BCUT2D eigenvalue weighted by Crippen LogP contribution is 2.43. The second kappa shape index (κ2) is 6.19. The molecule has 3 nitrogen and oxygen atoms in total. The van der Waals surface area contributed by atoms with Crippen LogP contribution in [0.15, 0.2) is 0 Å². The van der Waals surface area contributed by atoms with Crippen LogP contribution < -0.4 is 5.32 Å². The minimum absolute atomic E-state index is 0.269. The molecule has 0 unspecified atom stereocenters. The maximum Gasteiger partial charge on any atom is 0.150 e. The standard InChI is InChI=1S/C13H27NO2S/c1-4-9-17(15,16)10-8-13(6-5-7-13)11-14-12(2)3/h12,14H,4-11H2,1-3H3. The lowest BCUT2D eigenvalue weighted by molar-refractivity contribution is 0.122. The molecule has 0 aromatic rings. The maximum absolute atomic E-state index is 11.7. The van der Waals surface area contributed by atoms with Gasteiger partial charge in [0.05, 0.1) is 5.75 Å². The molecule has 1 aliphatic rings. The Hall–Kier alpha value is -0.0900. The second-order valence-electron chi connectivity index (χ2n) is 5.79. The van der Waals surface area contributed by atoms with E-state index in [4.69, 9.17) is 0 Å². The zero-order valence-corrected chi connectivity index (χ0v) is 12.3. The third kappa shape index (κ3) is 4.96. The maximum atomic E-state index is 11.7. The quantitative estimate of drug-likeness (QED) is 0.729. The van der Waals surface area contributed by atoms with Gasteiger partial charge < -0.3 is 5.32 Å². The Balaban J connectivity index is 2.41. The zero-order valence-electron chi connectivity index (χ0n) is 11.5. The van der Waals surface area contributed by atoms with E-state index >= 15 is 0 Å². The fraction of sp³-hybridized carbons (Fsp3) is 1.00. The summed E-state index contributed by atoms with van der Waals surface area (Å²) in [5.41, 5.74) is 0.269. The summed E-state index contributed by atoms with van der Waals surface area (Å²) in [5.74, 6) is 0.724. The van der Waals surface area contributed by atoms with Crippen LogP contribution >= 0.6 is 0 Å². The lowest BCUT2D eigenvalue weighted by Gasteiger charge is -2.42. The Morgan fingerprint density at radius 2 is 1.88 bits per heavy atom. The van der Waals surface area contributed by atoms with Crippen LogP contribution in [0.4, 0.5) is 0 Å². The predicted molar refractivity (Wildman–Crippen MR) is 73.0 cm³/mol. The van der Waals surface area contributed by atoms with Crippen LogP contribution in [0.1, 0.15) is 52.9 Å². The summed E-state index contributed by atoms with van der Waals surface area (Å²) in [6, 6.07) is 0.486. The van der Waals surface area contributed by atoms with Crippen molar-refractivity contribution in [3.63, 3.8) is 0 Å². The van der Waals surface area contributed by atoms with Gasteiger partial charge in [-0.25, -0.2) is 8.42 Å². The molecule has 0 aromatic heterocycles. The number of sulfone groups is 1. The van der Waals surface area contributed by atoms with Gasteiger partial charge in [0.25, 0.3) is 0 Å². The summed E-state index contributed by atoms with van der Waals surface area (Å²) < 4.78 is 23.5. The average molecular weight is 261 g/mol. The summed E-state index contributed by atoms with van der Waals surface area (Å²) in [7, 11) is -2.81. The van der Waals surface area contributed by atoms with E-state index in [1.807, 2.05) is 6.92 Å². The first-order valence-corrected chi connectivity index (χ1v) is 8.65. The molecule has 0 aromatic carbocycles. The number of hydrogen-bond donors (Lipinski definition) is 1. The van der Waals surface area contributed by atoms with Gasteiger partial charge >= 0.3 is 0 Å². The Labute approximate surface area is 106 Å². The van der Waals surface area contributed by atoms with E-state index in [0.29, 0.717) is 17.5 Å². The first-order valence-electron chi connectivity index (χ1n) is 6.83. The normalized spacial score (nSPS) is 19.3. The van der Waals surface area contributed by atoms with Crippen molar-refractivity contribution in [3.05, 3.63) is 0 Å². The van der Waals surface area contributed by atoms with E-state index in [1.54, 1.807) is 0 Å². The fourth-order valence-electron chi connectivity index (χ4n) is 2.40. The molecule has 1 fully saturated rings. The lowest BCUT2D eigenvalue weighted by Crippen LogP contribution is -2.43. The van der Waals surface area contributed by atoms with Crippen molar-refractivity contribution in [1.29, 1.82) is 0 Å².